The molecule has 0 heterocycles. The molecule has 0 saturated heterocycles. The molecule has 1 rings (SSSR count). The van der Waals surface area contributed by atoms with Gasteiger partial charge in [0.05, 0.1) is 0 Å². The molecule has 0 bridgehead atoms. The minimum atomic E-state index is 0.456. The van der Waals surface area contributed by atoms with Gasteiger partial charge in [-0.3, -0.25) is 0 Å². The van der Waals surface area contributed by atoms with E-state index in [1.165, 1.54) is 38.5 Å². The second-order valence-electron chi connectivity index (χ2n) is 5.03. The summed E-state index contributed by atoms with van der Waals surface area (Å²) in [5.74, 6) is 0.955. The molecular formula is C13H27NS. The number of rotatable bonds is 5. The molecule has 0 spiro atoms. The van der Waals surface area contributed by atoms with Gasteiger partial charge < -0.3 is 5.73 Å². The van der Waals surface area contributed by atoms with Crippen molar-refractivity contribution in [1.29, 1.82) is 0 Å². The average molecular weight is 229 g/mol. The van der Waals surface area contributed by atoms with E-state index in [1.807, 2.05) is 0 Å². The summed E-state index contributed by atoms with van der Waals surface area (Å²) in [6.45, 7) is 6.90. The Morgan fingerprint density at radius 1 is 1.33 bits per heavy atom. The van der Waals surface area contributed by atoms with E-state index in [2.05, 4.69) is 32.5 Å². The van der Waals surface area contributed by atoms with E-state index in [0.717, 1.165) is 16.4 Å². The summed E-state index contributed by atoms with van der Waals surface area (Å²) in [6, 6.07) is 0.456. The zero-order valence-electron chi connectivity index (χ0n) is 10.5. The van der Waals surface area contributed by atoms with Crippen LogP contribution in [0.15, 0.2) is 0 Å². The molecule has 1 aliphatic rings. The third-order valence-corrected chi connectivity index (χ3v) is 5.32. The largest absolute Gasteiger partial charge is 0.327 e. The Bertz CT molecular complexity index is 172. The van der Waals surface area contributed by atoms with Gasteiger partial charge >= 0.3 is 0 Å². The fourth-order valence-electron chi connectivity index (χ4n) is 2.46. The number of hydrogen-bond donors (Lipinski definition) is 1. The maximum absolute atomic E-state index is 6.22. The Kier molecular flexibility index (Phi) is 6.06. The Hall–Kier alpha value is 0.310. The van der Waals surface area contributed by atoms with Crippen LogP contribution in [0.1, 0.15) is 59.3 Å². The van der Waals surface area contributed by atoms with Crippen LogP contribution in [0.3, 0.4) is 0 Å². The summed E-state index contributed by atoms with van der Waals surface area (Å²) in [5, 5.41) is 1.51. The van der Waals surface area contributed by atoms with Crippen molar-refractivity contribution < 1.29 is 0 Å². The first-order chi connectivity index (χ1) is 7.17. The zero-order valence-corrected chi connectivity index (χ0v) is 11.4. The van der Waals surface area contributed by atoms with Crippen LogP contribution < -0.4 is 5.73 Å². The monoisotopic (exact) mass is 229 g/mol. The first-order valence-electron chi connectivity index (χ1n) is 6.58. The van der Waals surface area contributed by atoms with E-state index in [9.17, 15) is 0 Å². The summed E-state index contributed by atoms with van der Waals surface area (Å²) < 4.78 is 0. The highest BCUT2D eigenvalue weighted by molar-refractivity contribution is 8.00. The van der Waals surface area contributed by atoms with E-state index >= 15 is 0 Å². The lowest BCUT2D eigenvalue weighted by Crippen LogP contribution is -2.39. The molecule has 4 unspecified atom stereocenters. The third kappa shape index (κ3) is 4.36. The van der Waals surface area contributed by atoms with Gasteiger partial charge in [0.15, 0.2) is 0 Å². The van der Waals surface area contributed by atoms with Crippen molar-refractivity contribution in [1.82, 2.24) is 0 Å². The van der Waals surface area contributed by atoms with E-state index < -0.39 is 0 Å². The van der Waals surface area contributed by atoms with Crippen LogP contribution in [0.5, 0.6) is 0 Å². The topological polar surface area (TPSA) is 26.0 Å². The molecule has 0 radical (unpaired) electrons. The molecule has 0 aliphatic heterocycles. The van der Waals surface area contributed by atoms with Crippen molar-refractivity contribution in [3.05, 3.63) is 0 Å². The smallest absolute Gasteiger partial charge is 0.0204 e. The van der Waals surface area contributed by atoms with Gasteiger partial charge in [0.1, 0.15) is 0 Å². The molecule has 2 N–H and O–H groups in total. The SMILES string of the molecule is CCCC1CCC(N)C(SC(C)CC)C1. The fourth-order valence-corrected chi connectivity index (χ4v) is 3.97. The summed E-state index contributed by atoms with van der Waals surface area (Å²) >= 11 is 2.13. The highest BCUT2D eigenvalue weighted by Crippen LogP contribution is 2.36. The van der Waals surface area contributed by atoms with Crippen LogP contribution in [-0.2, 0) is 0 Å². The van der Waals surface area contributed by atoms with Gasteiger partial charge in [0.2, 0.25) is 0 Å². The highest BCUT2D eigenvalue weighted by atomic mass is 32.2. The minimum Gasteiger partial charge on any atom is -0.327 e. The minimum absolute atomic E-state index is 0.456. The lowest BCUT2D eigenvalue weighted by atomic mass is 9.83. The number of nitrogens with two attached hydrogens (primary N) is 1. The second kappa shape index (κ2) is 6.80. The second-order valence-corrected chi connectivity index (χ2v) is 6.71. The van der Waals surface area contributed by atoms with Crippen LogP contribution in [0.2, 0.25) is 0 Å². The molecule has 1 fully saturated rings. The maximum Gasteiger partial charge on any atom is 0.0204 e. The quantitative estimate of drug-likeness (QED) is 0.775. The van der Waals surface area contributed by atoms with Crippen molar-refractivity contribution in [3.8, 4) is 0 Å². The lowest BCUT2D eigenvalue weighted by Gasteiger charge is -2.35. The molecule has 2 heteroatoms. The van der Waals surface area contributed by atoms with Gasteiger partial charge in [-0.15, -0.1) is 0 Å². The Labute approximate surface area is 99.6 Å². The summed E-state index contributed by atoms with van der Waals surface area (Å²) in [5.41, 5.74) is 6.22. The molecule has 15 heavy (non-hydrogen) atoms. The first kappa shape index (κ1) is 13.4. The van der Waals surface area contributed by atoms with Crippen LogP contribution in [0, 0.1) is 5.92 Å². The van der Waals surface area contributed by atoms with Crippen molar-refractivity contribution in [3.63, 3.8) is 0 Å². The Balaban J connectivity index is 2.39. The van der Waals surface area contributed by atoms with Gasteiger partial charge in [-0.05, 0) is 31.6 Å². The third-order valence-electron chi connectivity index (χ3n) is 3.63. The molecule has 4 atom stereocenters. The Morgan fingerprint density at radius 3 is 2.67 bits per heavy atom. The van der Waals surface area contributed by atoms with Gasteiger partial charge in [-0.25, -0.2) is 0 Å². The van der Waals surface area contributed by atoms with Crippen molar-refractivity contribution >= 4 is 11.8 Å². The first-order valence-corrected chi connectivity index (χ1v) is 7.52. The average Bonchev–Trinajstić information content (AvgIpc) is 2.23. The fraction of sp³-hybridized carbons (Fsp3) is 1.00. The van der Waals surface area contributed by atoms with Crippen LogP contribution in [-0.4, -0.2) is 16.5 Å². The predicted molar refractivity (Wildman–Crippen MR) is 71.4 cm³/mol. The molecular weight excluding hydrogens is 202 g/mol. The highest BCUT2D eigenvalue weighted by Gasteiger charge is 2.28. The van der Waals surface area contributed by atoms with E-state index in [-0.39, 0.29) is 0 Å². The summed E-state index contributed by atoms with van der Waals surface area (Å²) in [4.78, 5) is 0. The van der Waals surface area contributed by atoms with E-state index in [0.29, 0.717) is 6.04 Å². The lowest BCUT2D eigenvalue weighted by molar-refractivity contribution is 0.316. The normalized spacial score (nSPS) is 34.0. The molecule has 0 aromatic carbocycles. The number of thioether (sulfide) groups is 1. The molecule has 1 saturated carbocycles. The van der Waals surface area contributed by atoms with Crippen molar-refractivity contribution in [2.75, 3.05) is 0 Å². The summed E-state index contributed by atoms with van der Waals surface area (Å²) in [7, 11) is 0. The molecule has 90 valence electrons. The van der Waals surface area contributed by atoms with Crippen molar-refractivity contribution in [2.45, 2.75) is 75.8 Å². The molecule has 0 aromatic heterocycles. The summed E-state index contributed by atoms with van der Waals surface area (Å²) in [6.07, 6.45) is 7.99. The predicted octanol–water partition coefficient (Wildman–Crippen LogP) is 3.81. The zero-order chi connectivity index (χ0) is 11.3. The van der Waals surface area contributed by atoms with E-state index in [4.69, 9.17) is 5.73 Å². The molecule has 1 aliphatic carbocycles. The van der Waals surface area contributed by atoms with Gasteiger partial charge in [-0.2, -0.15) is 11.8 Å². The molecule has 0 amide bonds. The van der Waals surface area contributed by atoms with Gasteiger partial charge in [0.25, 0.3) is 0 Å². The number of hydrogen-bond acceptors (Lipinski definition) is 2. The maximum atomic E-state index is 6.22. The van der Waals surface area contributed by atoms with Gasteiger partial charge in [0, 0.05) is 16.5 Å². The van der Waals surface area contributed by atoms with Crippen LogP contribution >= 0.6 is 11.8 Å². The van der Waals surface area contributed by atoms with Crippen LogP contribution in [0.4, 0.5) is 0 Å². The Morgan fingerprint density at radius 2 is 2.07 bits per heavy atom. The van der Waals surface area contributed by atoms with Crippen LogP contribution in [0.25, 0.3) is 0 Å². The van der Waals surface area contributed by atoms with E-state index in [1.54, 1.807) is 0 Å². The van der Waals surface area contributed by atoms with Crippen molar-refractivity contribution in [2.24, 2.45) is 11.7 Å². The molecule has 0 aromatic rings. The molecule has 1 nitrogen and oxygen atoms in total. The van der Waals surface area contributed by atoms with Gasteiger partial charge in [-0.1, -0.05) is 33.6 Å². The standard InChI is InChI=1S/C13H27NS/c1-4-6-11-7-8-12(14)13(9-11)15-10(3)5-2/h10-13H,4-9,14H2,1-3H3.